The highest BCUT2D eigenvalue weighted by Crippen LogP contribution is 2.22. The van der Waals surface area contributed by atoms with Crippen LogP contribution >= 0.6 is 23.7 Å². The molecule has 136 valence electrons. The van der Waals surface area contributed by atoms with Gasteiger partial charge in [0.1, 0.15) is 4.21 Å². The third-order valence-electron chi connectivity index (χ3n) is 4.03. The largest absolute Gasteiger partial charge is 0.338 e. The first-order valence-corrected chi connectivity index (χ1v) is 10.0. The molecule has 1 atom stereocenters. The highest BCUT2D eigenvalue weighted by Gasteiger charge is 2.26. The smallest absolute Gasteiger partial charge is 0.271 e. The first kappa shape index (κ1) is 19.7. The Bertz CT molecular complexity index is 825. The fourth-order valence-corrected chi connectivity index (χ4v) is 4.77. The maximum atomic E-state index is 12.6. The summed E-state index contributed by atoms with van der Waals surface area (Å²) in [6.07, 6.45) is 0.910. The van der Waals surface area contributed by atoms with Gasteiger partial charge in [-0.3, -0.25) is 9.52 Å². The Morgan fingerprint density at radius 3 is 2.76 bits per heavy atom. The van der Waals surface area contributed by atoms with Crippen LogP contribution < -0.4 is 10.5 Å². The summed E-state index contributed by atoms with van der Waals surface area (Å²) < 4.78 is 27.3. The van der Waals surface area contributed by atoms with E-state index < -0.39 is 10.0 Å². The van der Waals surface area contributed by atoms with Crippen molar-refractivity contribution >= 4 is 45.4 Å². The normalized spacial score (nSPS) is 17.2. The lowest BCUT2D eigenvalue weighted by Gasteiger charge is -2.17. The monoisotopic (exact) mass is 401 g/mol. The number of carbonyl (C=O) groups is 1. The number of nitrogens with one attached hydrogen (secondary N) is 1. The van der Waals surface area contributed by atoms with Crippen LogP contribution in [0.5, 0.6) is 0 Å². The van der Waals surface area contributed by atoms with E-state index in [2.05, 4.69) is 4.72 Å². The maximum Gasteiger partial charge on any atom is 0.271 e. The number of nitrogens with zero attached hydrogens (tertiary/aromatic N) is 1. The second-order valence-corrected chi connectivity index (χ2v) is 8.62. The molecule has 6 nitrogen and oxygen atoms in total. The number of amides is 1. The number of anilines is 1. The lowest BCUT2D eigenvalue weighted by Crippen LogP contribution is -2.29. The Morgan fingerprint density at radius 2 is 2.12 bits per heavy atom. The van der Waals surface area contributed by atoms with Gasteiger partial charge >= 0.3 is 0 Å². The van der Waals surface area contributed by atoms with Crippen molar-refractivity contribution in [3.8, 4) is 0 Å². The number of thiophene rings is 1. The van der Waals surface area contributed by atoms with Gasteiger partial charge in [-0.1, -0.05) is 12.1 Å². The highest BCUT2D eigenvalue weighted by atomic mass is 35.5. The van der Waals surface area contributed by atoms with Crippen LogP contribution in [0.25, 0.3) is 0 Å². The Morgan fingerprint density at radius 1 is 1.32 bits per heavy atom. The Labute approximate surface area is 157 Å². The molecule has 0 spiro atoms. The number of benzene rings is 1. The molecule has 3 N–H and O–H groups in total. The van der Waals surface area contributed by atoms with Gasteiger partial charge in [-0.05, 0) is 48.5 Å². The van der Waals surface area contributed by atoms with Crippen LogP contribution in [0.4, 0.5) is 5.69 Å². The molecule has 1 aliphatic rings. The van der Waals surface area contributed by atoms with E-state index in [1.54, 1.807) is 46.7 Å². The number of carbonyl (C=O) groups excluding carboxylic acids is 1. The van der Waals surface area contributed by atoms with Gasteiger partial charge in [0, 0.05) is 24.3 Å². The molecule has 2 heterocycles. The SMILES string of the molecule is Cl.NCC1CCN(C(=O)c2cccc(NS(=O)(=O)c3cccs3)c2)C1. The van der Waals surface area contributed by atoms with Crippen molar-refractivity contribution in [2.75, 3.05) is 24.4 Å². The quantitative estimate of drug-likeness (QED) is 0.804. The summed E-state index contributed by atoms with van der Waals surface area (Å²) in [6.45, 7) is 1.91. The second-order valence-electron chi connectivity index (χ2n) is 5.76. The molecule has 1 unspecified atom stereocenters. The molecular weight excluding hydrogens is 382 g/mol. The lowest BCUT2D eigenvalue weighted by molar-refractivity contribution is 0.0787. The van der Waals surface area contributed by atoms with Gasteiger partial charge in [-0.2, -0.15) is 0 Å². The molecule has 1 aliphatic heterocycles. The van der Waals surface area contributed by atoms with Crippen LogP contribution in [-0.4, -0.2) is 38.9 Å². The Balaban J connectivity index is 0.00000225. The molecule has 1 amide bonds. The first-order chi connectivity index (χ1) is 11.5. The standard InChI is InChI=1S/C16H19N3O3S2.ClH/c17-10-12-6-7-19(11-12)16(20)13-3-1-4-14(9-13)18-24(21,22)15-5-2-8-23-15;/h1-5,8-9,12,18H,6-7,10-11,17H2;1H. The van der Waals surface area contributed by atoms with Crippen molar-refractivity contribution in [3.05, 3.63) is 47.3 Å². The first-order valence-electron chi connectivity index (χ1n) is 7.65. The van der Waals surface area contributed by atoms with E-state index in [1.165, 1.54) is 0 Å². The summed E-state index contributed by atoms with van der Waals surface area (Å²) in [6, 6.07) is 9.80. The zero-order valence-corrected chi connectivity index (χ0v) is 15.9. The fraction of sp³-hybridized carbons (Fsp3) is 0.312. The molecule has 1 fully saturated rings. The molecule has 0 radical (unpaired) electrons. The molecule has 9 heteroatoms. The molecular formula is C16H20ClN3O3S2. The molecule has 25 heavy (non-hydrogen) atoms. The van der Waals surface area contributed by atoms with Gasteiger partial charge in [0.2, 0.25) is 0 Å². The predicted molar refractivity (Wildman–Crippen MR) is 102 cm³/mol. The summed E-state index contributed by atoms with van der Waals surface area (Å²) in [5.41, 5.74) is 6.51. The minimum absolute atomic E-state index is 0. The van der Waals surface area contributed by atoms with Crippen LogP contribution in [-0.2, 0) is 10.0 Å². The van der Waals surface area contributed by atoms with Crippen molar-refractivity contribution in [2.24, 2.45) is 11.7 Å². The number of nitrogens with two attached hydrogens (primary N) is 1. The van der Waals surface area contributed by atoms with Crippen molar-refractivity contribution in [2.45, 2.75) is 10.6 Å². The zero-order chi connectivity index (χ0) is 17.2. The molecule has 2 aromatic rings. The fourth-order valence-electron chi connectivity index (χ4n) is 2.73. The van der Waals surface area contributed by atoms with Crippen molar-refractivity contribution < 1.29 is 13.2 Å². The molecule has 0 aliphatic carbocycles. The van der Waals surface area contributed by atoms with E-state index in [-0.39, 0.29) is 22.5 Å². The van der Waals surface area contributed by atoms with E-state index in [4.69, 9.17) is 5.73 Å². The van der Waals surface area contributed by atoms with E-state index in [0.29, 0.717) is 36.8 Å². The number of hydrogen-bond acceptors (Lipinski definition) is 5. The third kappa shape index (κ3) is 4.52. The van der Waals surface area contributed by atoms with Crippen LogP contribution in [0, 0.1) is 5.92 Å². The van der Waals surface area contributed by atoms with Crippen LogP contribution in [0.1, 0.15) is 16.8 Å². The number of sulfonamides is 1. The molecule has 0 saturated carbocycles. The van der Waals surface area contributed by atoms with Crippen LogP contribution in [0.15, 0.2) is 46.0 Å². The average molecular weight is 402 g/mol. The van der Waals surface area contributed by atoms with Gasteiger partial charge in [0.05, 0.1) is 0 Å². The maximum absolute atomic E-state index is 12.6. The van der Waals surface area contributed by atoms with Crippen LogP contribution in [0.3, 0.4) is 0 Å². The van der Waals surface area contributed by atoms with E-state index in [0.717, 1.165) is 17.8 Å². The van der Waals surface area contributed by atoms with Gasteiger partial charge < -0.3 is 10.6 Å². The molecule has 1 aromatic carbocycles. The number of hydrogen-bond donors (Lipinski definition) is 2. The lowest BCUT2D eigenvalue weighted by atomic mass is 10.1. The van der Waals surface area contributed by atoms with Crippen LogP contribution in [0.2, 0.25) is 0 Å². The van der Waals surface area contributed by atoms with Gasteiger partial charge in [0.15, 0.2) is 0 Å². The average Bonchev–Trinajstić information content (AvgIpc) is 3.25. The number of rotatable bonds is 5. The molecule has 0 bridgehead atoms. The molecule has 1 aromatic heterocycles. The van der Waals surface area contributed by atoms with E-state index in [1.807, 2.05) is 0 Å². The highest BCUT2D eigenvalue weighted by molar-refractivity contribution is 7.94. The van der Waals surface area contributed by atoms with E-state index >= 15 is 0 Å². The minimum atomic E-state index is -3.62. The van der Waals surface area contributed by atoms with Crippen molar-refractivity contribution in [1.29, 1.82) is 0 Å². The summed E-state index contributed by atoms with van der Waals surface area (Å²) in [5.74, 6) is 0.248. The summed E-state index contributed by atoms with van der Waals surface area (Å²) in [5, 5.41) is 1.70. The number of halogens is 1. The molecule has 1 saturated heterocycles. The van der Waals surface area contributed by atoms with E-state index in [9.17, 15) is 13.2 Å². The Hall–Kier alpha value is -1.61. The van der Waals surface area contributed by atoms with Crippen molar-refractivity contribution in [3.63, 3.8) is 0 Å². The topological polar surface area (TPSA) is 92.5 Å². The summed E-state index contributed by atoms with van der Waals surface area (Å²) in [7, 11) is -3.62. The van der Waals surface area contributed by atoms with Crippen molar-refractivity contribution in [1.82, 2.24) is 4.90 Å². The van der Waals surface area contributed by atoms with Gasteiger partial charge in [-0.25, -0.2) is 8.42 Å². The third-order valence-corrected chi connectivity index (χ3v) is 6.81. The number of likely N-dealkylation sites (tertiary alicyclic amines) is 1. The zero-order valence-electron chi connectivity index (χ0n) is 13.4. The molecule has 3 rings (SSSR count). The minimum Gasteiger partial charge on any atom is -0.338 e. The second kappa shape index (κ2) is 8.18. The predicted octanol–water partition coefficient (Wildman–Crippen LogP) is 2.39. The Kier molecular flexibility index (Phi) is 6.45. The van der Waals surface area contributed by atoms with Gasteiger partial charge in [-0.15, -0.1) is 23.7 Å². The summed E-state index contributed by atoms with van der Waals surface area (Å²) in [4.78, 5) is 14.3. The summed E-state index contributed by atoms with van der Waals surface area (Å²) >= 11 is 1.15. The van der Waals surface area contributed by atoms with Gasteiger partial charge in [0.25, 0.3) is 15.9 Å².